The van der Waals surface area contributed by atoms with Gasteiger partial charge >= 0.3 is 0 Å². The van der Waals surface area contributed by atoms with E-state index in [1.165, 1.54) is 17.6 Å². The van der Waals surface area contributed by atoms with Crippen molar-refractivity contribution in [3.63, 3.8) is 0 Å². The average Bonchev–Trinajstić information content (AvgIpc) is 2.63. The van der Waals surface area contributed by atoms with Crippen molar-refractivity contribution in [1.29, 1.82) is 5.26 Å². The number of nitrogens with one attached hydrogen (secondary N) is 1. The minimum absolute atomic E-state index is 0.0776. The first-order valence-corrected chi connectivity index (χ1v) is 7.71. The van der Waals surface area contributed by atoms with Crippen molar-refractivity contribution < 1.29 is 8.42 Å². The lowest BCUT2D eigenvalue weighted by atomic mass is 10.3. The number of thiophene rings is 1. The molecule has 1 atom stereocenters. The molecule has 0 saturated carbocycles. The first-order valence-electron chi connectivity index (χ1n) is 4.83. The van der Waals surface area contributed by atoms with Crippen LogP contribution >= 0.6 is 11.3 Å². The summed E-state index contributed by atoms with van der Waals surface area (Å²) in [6, 6.07) is 5.82. The van der Waals surface area contributed by atoms with E-state index in [1.54, 1.807) is 6.07 Å². The molecule has 16 heavy (non-hydrogen) atoms. The molecule has 0 saturated heterocycles. The Morgan fingerprint density at radius 1 is 1.56 bits per heavy atom. The highest BCUT2D eigenvalue weighted by molar-refractivity contribution is 7.90. The van der Waals surface area contributed by atoms with Crippen LogP contribution in [0.2, 0.25) is 0 Å². The van der Waals surface area contributed by atoms with E-state index in [4.69, 9.17) is 5.26 Å². The highest BCUT2D eigenvalue weighted by Gasteiger charge is 2.09. The fourth-order valence-electron chi connectivity index (χ4n) is 1.21. The van der Waals surface area contributed by atoms with Crippen LogP contribution in [0, 0.1) is 11.3 Å². The van der Waals surface area contributed by atoms with Crippen molar-refractivity contribution in [2.24, 2.45) is 0 Å². The number of hydrogen-bond acceptors (Lipinski definition) is 5. The van der Waals surface area contributed by atoms with Gasteiger partial charge in [-0.3, -0.25) is 0 Å². The van der Waals surface area contributed by atoms with Gasteiger partial charge in [-0.15, -0.1) is 11.3 Å². The minimum Gasteiger partial charge on any atom is -0.308 e. The van der Waals surface area contributed by atoms with Crippen molar-refractivity contribution in [1.82, 2.24) is 5.32 Å². The lowest BCUT2D eigenvalue weighted by molar-refractivity contribution is 0.579. The summed E-state index contributed by atoms with van der Waals surface area (Å²) in [6.45, 7) is 2.38. The van der Waals surface area contributed by atoms with Gasteiger partial charge in [0.15, 0.2) is 0 Å². The fraction of sp³-hybridized carbons (Fsp3) is 0.500. The van der Waals surface area contributed by atoms with E-state index in [-0.39, 0.29) is 11.8 Å². The van der Waals surface area contributed by atoms with Crippen LogP contribution in [0.15, 0.2) is 12.1 Å². The summed E-state index contributed by atoms with van der Waals surface area (Å²) < 4.78 is 21.8. The number of rotatable bonds is 5. The number of sulfone groups is 1. The largest absolute Gasteiger partial charge is 0.308 e. The first kappa shape index (κ1) is 13.2. The van der Waals surface area contributed by atoms with Crippen LogP contribution in [0.1, 0.15) is 22.7 Å². The van der Waals surface area contributed by atoms with E-state index >= 15 is 0 Å². The Morgan fingerprint density at radius 2 is 2.25 bits per heavy atom. The average molecular weight is 258 g/mol. The summed E-state index contributed by atoms with van der Waals surface area (Å²) in [4.78, 5) is 1.72. The molecular weight excluding hydrogens is 244 g/mol. The molecule has 0 bridgehead atoms. The third-order valence-corrected chi connectivity index (χ3v) is 4.21. The van der Waals surface area contributed by atoms with Gasteiger partial charge in [-0.1, -0.05) is 0 Å². The van der Waals surface area contributed by atoms with Crippen LogP contribution in [0.5, 0.6) is 0 Å². The molecule has 0 aliphatic heterocycles. The zero-order chi connectivity index (χ0) is 12.2. The Morgan fingerprint density at radius 3 is 2.75 bits per heavy atom. The summed E-state index contributed by atoms with van der Waals surface area (Å²) >= 11 is 1.43. The summed E-state index contributed by atoms with van der Waals surface area (Å²) in [5.41, 5.74) is 0. The van der Waals surface area contributed by atoms with Crippen molar-refractivity contribution in [2.75, 3.05) is 18.6 Å². The monoisotopic (exact) mass is 258 g/mol. The molecule has 1 aromatic heterocycles. The molecule has 4 nitrogen and oxygen atoms in total. The zero-order valence-electron chi connectivity index (χ0n) is 9.23. The van der Waals surface area contributed by atoms with Crippen molar-refractivity contribution in [2.45, 2.75) is 13.0 Å². The lowest BCUT2D eigenvalue weighted by Crippen LogP contribution is -2.24. The quantitative estimate of drug-likeness (QED) is 0.864. The molecule has 0 fully saturated rings. The first-order chi connectivity index (χ1) is 7.42. The smallest absolute Gasteiger partial charge is 0.148 e. The topological polar surface area (TPSA) is 70.0 Å². The molecule has 6 heteroatoms. The van der Waals surface area contributed by atoms with Gasteiger partial charge in [-0.05, 0) is 19.1 Å². The summed E-state index contributed by atoms with van der Waals surface area (Å²) in [5, 5.41) is 11.8. The second kappa shape index (κ2) is 5.43. The lowest BCUT2D eigenvalue weighted by Gasteiger charge is -2.10. The molecule has 1 unspecified atom stereocenters. The van der Waals surface area contributed by atoms with Gasteiger partial charge in [-0.25, -0.2) is 8.42 Å². The minimum atomic E-state index is -2.91. The fourth-order valence-corrected chi connectivity index (χ4v) is 2.53. The van der Waals surface area contributed by atoms with Crippen LogP contribution in [0.3, 0.4) is 0 Å². The van der Waals surface area contributed by atoms with Crippen LogP contribution in [-0.4, -0.2) is 27.0 Å². The third kappa shape index (κ3) is 4.31. The molecule has 0 radical (unpaired) electrons. The van der Waals surface area contributed by atoms with Gasteiger partial charge < -0.3 is 5.32 Å². The number of hydrogen-bond donors (Lipinski definition) is 1. The van der Waals surface area contributed by atoms with E-state index in [2.05, 4.69) is 11.4 Å². The number of nitrogens with zero attached hydrogens (tertiary/aromatic N) is 1. The second-order valence-electron chi connectivity index (χ2n) is 3.62. The Kier molecular flexibility index (Phi) is 4.47. The molecule has 0 aromatic carbocycles. The maximum absolute atomic E-state index is 10.9. The van der Waals surface area contributed by atoms with E-state index in [9.17, 15) is 8.42 Å². The Bertz CT molecular complexity index is 485. The Balaban J connectivity index is 2.47. The molecule has 1 rings (SSSR count). The second-order valence-corrected chi connectivity index (χ2v) is 6.99. The van der Waals surface area contributed by atoms with Crippen LogP contribution in [0.25, 0.3) is 0 Å². The molecule has 88 valence electrons. The molecule has 0 aliphatic carbocycles. The van der Waals surface area contributed by atoms with E-state index in [0.29, 0.717) is 11.4 Å². The predicted molar refractivity (Wildman–Crippen MR) is 65.2 cm³/mol. The Labute approximate surface area is 99.8 Å². The molecule has 0 aliphatic rings. The van der Waals surface area contributed by atoms with Gasteiger partial charge in [0.1, 0.15) is 20.8 Å². The molecule has 0 spiro atoms. The Hall–Kier alpha value is -0.900. The normalized spacial score (nSPS) is 13.3. The number of nitriles is 1. The predicted octanol–water partition coefficient (Wildman–Crippen LogP) is 1.31. The molecular formula is C10H14N2O2S2. The summed E-state index contributed by atoms with van der Waals surface area (Å²) in [7, 11) is -2.91. The van der Waals surface area contributed by atoms with Gasteiger partial charge in [0.05, 0.1) is 5.75 Å². The molecule has 1 heterocycles. The maximum atomic E-state index is 10.9. The standard InChI is InChI=1S/C10H14N2O2S2/c1-8(12-5-6-16(2,13)14)10-4-3-9(7-11)15-10/h3-4,8,12H,5-6H2,1-2H3. The highest BCUT2D eigenvalue weighted by atomic mass is 32.2. The van der Waals surface area contributed by atoms with Crippen LogP contribution in [-0.2, 0) is 9.84 Å². The van der Waals surface area contributed by atoms with Gasteiger partial charge in [-0.2, -0.15) is 5.26 Å². The molecule has 0 amide bonds. The van der Waals surface area contributed by atoms with Gasteiger partial charge in [0.2, 0.25) is 0 Å². The van der Waals surface area contributed by atoms with Crippen molar-refractivity contribution >= 4 is 21.2 Å². The van der Waals surface area contributed by atoms with Crippen LogP contribution in [0.4, 0.5) is 0 Å². The van der Waals surface area contributed by atoms with Crippen molar-refractivity contribution in [3.05, 3.63) is 21.9 Å². The van der Waals surface area contributed by atoms with E-state index < -0.39 is 9.84 Å². The highest BCUT2D eigenvalue weighted by Crippen LogP contribution is 2.22. The maximum Gasteiger partial charge on any atom is 0.148 e. The van der Waals surface area contributed by atoms with E-state index in [1.807, 2.05) is 13.0 Å². The summed E-state index contributed by atoms with van der Waals surface area (Å²) in [5.74, 6) is 0.133. The molecule has 1 N–H and O–H groups in total. The molecule has 1 aromatic rings. The zero-order valence-corrected chi connectivity index (χ0v) is 10.9. The SMILES string of the molecule is CC(NCCS(C)(=O)=O)c1ccc(C#N)s1. The van der Waals surface area contributed by atoms with E-state index in [0.717, 1.165) is 4.88 Å². The van der Waals surface area contributed by atoms with Crippen LogP contribution < -0.4 is 5.32 Å². The van der Waals surface area contributed by atoms with Gasteiger partial charge in [0, 0.05) is 23.7 Å². The summed E-state index contributed by atoms with van der Waals surface area (Å²) in [6.07, 6.45) is 1.22. The van der Waals surface area contributed by atoms with Gasteiger partial charge in [0.25, 0.3) is 0 Å². The third-order valence-electron chi connectivity index (χ3n) is 2.09. The van der Waals surface area contributed by atoms with Crippen molar-refractivity contribution in [3.8, 4) is 6.07 Å².